The molecule has 24 heavy (non-hydrogen) atoms. The van der Waals surface area contributed by atoms with E-state index in [2.05, 4.69) is 20.8 Å². The Morgan fingerprint density at radius 2 is 1.79 bits per heavy atom. The quantitative estimate of drug-likeness (QED) is 0.714. The molecule has 3 rings (SSSR count). The molecular weight excluding hydrogens is 306 g/mol. The standard InChI is InChI=1S/C17H17N5O2/c23-17(11-22-13-19-20-21-22)18-10-14-6-4-5-7-15(14)12-24-16-8-2-1-3-9-16/h1-9,13H,10-12H2,(H,18,23). The van der Waals surface area contributed by atoms with Gasteiger partial charge in [-0.2, -0.15) is 0 Å². The predicted molar refractivity (Wildman–Crippen MR) is 86.9 cm³/mol. The number of nitrogens with one attached hydrogen (secondary N) is 1. The smallest absolute Gasteiger partial charge is 0.242 e. The average molecular weight is 323 g/mol. The van der Waals surface area contributed by atoms with Crippen molar-refractivity contribution in [3.63, 3.8) is 0 Å². The van der Waals surface area contributed by atoms with Crippen molar-refractivity contribution in [2.75, 3.05) is 0 Å². The molecule has 2 aromatic carbocycles. The van der Waals surface area contributed by atoms with E-state index in [1.54, 1.807) is 0 Å². The number of aromatic nitrogens is 4. The number of hydrogen-bond donors (Lipinski definition) is 1. The van der Waals surface area contributed by atoms with Crippen LogP contribution in [0.2, 0.25) is 0 Å². The number of rotatable bonds is 7. The Labute approximate surface area is 139 Å². The predicted octanol–water partition coefficient (Wildman–Crippen LogP) is 1.57. The second kappa shape index (κ2) is 7.87. The van der Waals surface area contributed by atoms with Gasteiger partial charge in [-0.1, -0.05) is 42.5 Å². The second-order valence-corrected chi connectivity index (χ2v) is 5.15. The normalized spacial score (nSPS) is 10.3. The first-order valence-electron chi connectivity index (χ1n) is 7.53. The van der Waals surface area contributed by atoms with Gasteiger partial charge in [0.25, 0.3) is 0 Å². The summed E-state index contributed by atoms with van der Waals surface area (Å²) in [5, 5.41) is 13.5. The zero-order valence-corrected chi connectivity index (χ0v) is 13.0. The Morgan fingerprint density at radius 1 is 1.04 bits per heavy atom. The van der Waals surface area contributed by atoms with Gasteiger partial charge in [-0.25, -0.2) is 4.68 Å². The molecule has 122 valence electrons. The SMILES string of the molecule is O=C(Cn1cnnn1)NCc1ccccc1COc1ccccc1. The van der Waals surface area contributed by atoms with Crippen molar-refractivity contribution >= 4 is 5.91 Å². The van der Waals surface area contributed by atoms with E-state index in [1.165, 1.54) is 11.0 Å². The van der Waals surface area contributed by atoms with Crippen molar-refractivity contribution < 1.29 is 9.53 Å². The maximum atomic E-state index is 11.9. The van der Waals surface area contributed by atoms with Crippen LogP contribution in [0.4, 0.5) is 0 Å². The molecule has 0 fully saturated rings. The number of tetrazole rings is 1. The summed E-state index contributed by atoms with van der Waals surface area (Å²) in [6.45, 7) is 0.966. The molecule has 0 bridgehead atoms. The van der Waals surface area contributed by atoms with E-state index in [0.717, 1.165) is 16.9 Å². The molecule has 0 aliphatic rings. The minimum atomic E-state index is -0.152. The molecule has 7 heteroatoms. The van der Waals surface area contributed by atoms with Gasteiger partial charge < -0.3 is 10.1 Å². The monoisotopic (exact) mass is 323 g/mol. The summed E-state index contributed by atoms with van der Waals surface area (Å²) >= 11 is 0. The molecule has 0 aliphatic carbocycles. The first kappa shape index (κ1) is 15.7. The van der Waals surface area contributed by atoms with Gasteiger partial charge in [0, 0.05) is 6.54 Å². The number of hydrogen-bond acceptors (Lipinski definition) is 5. The molecule has 0 atom stereocenters. The summed E-state index contributed by atoms with van der Waals surface area (Å²) in [6, 6.07) is 17.5. The van der Waals surface area contributed by atoms with Crippen LogP contribution in [-0.2, 0) is 24.5 Å². The molecule has 0 aliphatic heterocycles. The second-order valence-electron chi connectivity index (χ2n) is 5.15. The third-order valence-electron chi connectivity index (χ3n) is 3.43. The average Bonchev–Trinajstić information content (AvgIpc) is 3.13. The summed E-state index contributed by atoms with van der Waals surface area (Å²) in [6.07, 6.45) is 1.40. The number of carbonyl (C=O) groups excluding carboxylic acids is 1. The molecule has 1 heterocycles. The topological polar surface area (TPSA) is 81.9 Å². The van der Waals surface area contributed by atoms with E-state index in [-0.39, 0.29) is 12.5 Å². The van der Waals surface area contributed by atoms with E-state index < -0.39 is 0 Å². The highest BCUT2D eigenvalue weighted by Crippen LogP contribution is 2.14. The summed E-state index contributed by atoms with van der Waals surface area (Å²) in [7, 11) is 0. The molecule has 3 aromatic rings. The fourth-order valence-electron chi connectivity index (χ4n) is 2.20. The van der Waals surface area contributed by atoms with Gasteiger partial charge in [0.15, 0.2) is 0 Å². The van der Waals surface area contributed by atoms with E-state index in [1.807, 2.05) is 54.6 Å². The Hall–Kier alpha value is -3.22. The lowest BCUT2D eigenvalue weighted by atomic mass is 10.1. The van der Waals surface area contributed by atoms with Crippen molar-refractivity contribution in [1.82, 2.24) is 25.5 Å². The van der Waals surface area contributed by atoms with Gasteiger partial charge in [-0.3, -0.25) is 4.79 Å². The van der Waals surface area contributed by atoms with E-state index in [9.17, 15) is 4.79 Å². The molecule has 1 amide bonds. The van der Waals surface area contributed by atoms with Gasteiger partial charge in [-0.05, 0) is 33.7 Å². The van der Waals surface area contributed by atoms with Crippen LogP contribution in [0.3, 0.4) is 0 Å². The Bertz CT molecular complexity index is 775. The summed E-state index contributed by atoms with van der Waals surface area (Å²) in [5.74, 6) is 0.663. The fourth-order valence-corrected chi connectivity index (χ4v) is 2.20. The van der Waals surface area contributed by atoms with E-state index >= 15 is 0 Å². The number of amides is 1. The zero-order chi connectivity index (χ0) is 16.6. The van der Waals surface area contributed by atoms with Crippen LogP contribution < -0.4 is 10.1 Å². The molecular formula is C17H17N5O2. The third kappa shape index (κ3) is 4.39. The van der Waals surface area contributed by atoms with Crippen LogP contribution in [-0.4, -0.2) is 26.1 Å². The van der Waals surface area contributed by atoms with Gasteiger partial charge in [0.2, 0.25) is 5.91 Å². The van der Waals surface area contributed by atoms with Gasteiger partial charge in [0.1, 0.15) is 25.2 Å². The van der Waals surface area contributed by atoms with Gasteiger partial charge >= 0.3 is 0 Å². The number of benzene rings is 2. The van der Waals surface area contributed by atoms with E-state index in [0.29, 0.717) is 13.2 Å². The van der Waals surface area contributed by atoms with Crippen LogP contribution in [0.25, 0.3) is 0 Å². The van der Waals surface area contributed by atoms with Crippen molar-refractivity contribution in [3.8, 4) is 5.75 Å². The summed E-state index contributed by atoms with van der Waals surface area (Å²) in [5.41, 5.74) is 2.04. The molecule has 0 radical (unpaired) electrons. The molecule has 0 unspecified atom stereocenters. The minimum Gasteiger partial charge on any atom is -0.489 e. The van der Waals surface area contributed by atoms with Crippen LogP contribution >= 0.6 is 0 Å². The number of para-hydroxylation sites is 1. The minimum absolute atomic E-state index is 0.0929. The van der Waals surface area contributed by atoms with Gasteiger partial charge in [-0.15, -0.1) is 5.10 Å². The lowest BCUT2D eigenvalue weighted by molar-refractivity contribution is -0.122. The Balaban J connectivity index is 1.56. The van der Waals surface area contributed by atoms with Crippen LogP contribution in [0.15, 0.2) is 60.9 Å². The van der Waals surface area contributed by atoms with Crippen molar-refractivity contribution in [1.29, 1.82) is 0 Å². The van der Waals surface area contributed by atoms with E-state index in [4.69, 9.17) is 4.74 Å². The number of carbonyl (C=O) groups is 1. The first-order valence-corrected chi connectivity index (χ1v) is 7.53. The zero-order valence-electron chi connectivity index (χ0n) is 13.0. The molecule has 7 nitrogen and oxygen atoms in total. The largest absolute Gasteiger partial charge is 0.489 e. The highest BCUT2D eigenvalue weighted by Gasteiger charge is 2.07. The molecule has 0 saturated carbocycles. The Morgan fingerprint density at radius 3 is 2.54 bits per heavy atom. The number of nitrogens with zero attached hydrogens (tertiary/aromatic N) is 4. The molecule has 1 aromatic heterocycles. The van der Waals surface area contributed by atoms with Crippen molar-refractivity contribution in [2.24, 2.45) is 0 Å². The van der Waals surface area contributed by atoms with Crippen LogP contribution in [0.5, 0.6) is 5.75 Å². The summed E-state index contributed by atoms with van der Waals surface area (Å²) in [4.78, 5) is 11.9. The van der Waals surface area contributed by atoms with Crippen LogP contribution in [0, 0.1) is 0 Å². The third-order valence-corrected chi connectivity index (χ3v) is 3.43. The first-order chi connectivity index (χ1) is 11.8. The van der Waals surface area contributed by atoms with Gasteiger partial charge in [0.05, 0.1) is 0 Å². The number of ether oxygens (including phenoxy) is 1. The lowest BCUT2D eigenvalue weighted by Gasteiger charge is -2.12. The maximum Gasteiger partial charge on any atom is 0.242 e. The van der Waals surface area contributed by atoms with Crippen molar-refractivity contribution in [3.05, 3.63) is 72.1 Å². The highest BCUT2D eigenvalue weighted by molar-refractivity contribution is 5.75. The van der Waals surface area contributed by atoms with Crippen molar-refractivity contribution in [2.45, 2.75) is 19.7 Å². The van der Waals surface area contributed by atoms with Crippen LogP contribution in [0.1, 0.15) is 11.1 Å². The molecule has 0 spiro atoms. The lowest BCUT2D eigenvalue weighted by Crippen LogP contribution is -2.27. The molecule has 1 N–H and O–H groups in total. The fraction of sp³-hybridized carbons (Fsp3) is 0.176. The Kier molecular flexibility index (Phi) is 5.14. The molecule has 0 saturated heterocycles. The maximum absolute atomic E-state index is 11.9. The highest BCUT2D eigenvalue weighted by atomic mass is 16.5. The summed E-state index contributed by atoms with van der Waals surface area (Å²) < 4.78 is 7.16.